The Morgan fingerprint density at radius 1 is 0.920 bits per heavy atom. The second kappa shape index (κ2) is 9.15. The summed E-state index contributed by atoms with van der Waals surface area (Å²) in [4.78, 5) is 4.50. The molecule has 1 aromatic heterocycles. The van der Waals surface area contributed by atoms with Crippen molar-refractivity contribution in [3.63, 3.8) is 0 Å². The van der Waals surface area contributed by atoms with Gasteiger partial charge >= 0.3 is 0 Å². The van der Waals surface area contributed by atoms with Gasteiger partial charge in [-0.2, -0.15) is 9.36 Å². The molecule has 130 valence electrons. The summed E-state index contributed by atoms with van der Waals surface area (Å²) < 4.78 is 4.37. The maximum atomic E-state index is 6.14. The van der Waals surface area contributed by atoms with Crippen LogP contribution >= 0.6 is 34.7 Å². The molecule has 0 atom stereocenters. The number of benzene rings is 2. The van der Waals surface area contributed by atoms with Crippen LogP contribution in [-0.4, -0.2) is 29.0 Å². The largest absolute Gasteiger partial charge is 0.359 e. The van der Waals surface area contributed by atoms with Crippen molar-refractivity contribution in [2.45, 2.75) is 6.42 Å². The van der Waals surface area contributed by atoms with Crippen molar-refractivity contribution >= 4 is 39.9 Å². The Labute approximate surface area is 161 Å². The van der Waals surface area contributed by atoms with Crippen LogP contribution in [-0.2, 0) is 6.42 Å². The predicted octanol–water partition coefficient (Wildman–Crippen LogP) is 4.76. The maximum absolute atomic E-state index is 6.14. The quantitative estimate of drug-likeness (QED) is 0.542. The lowest BCUT2D eigenvalue weighted by molar-refractivity contribution is 0.699. The number of nitrogens with one attached hydrogen (secondary N) is 2. The van der Waals surface area contributed by atoms with Crippen molar-refractivity contribution < 1.29 is 0 Å². The van der Waals surface area contributed by atoms with Gasteiger partial charge in [-0.25, -0.2) is 0 Å². The summed E-state index contributed by atoms with van der Waals surface area (Å²) in [6.45, 7) is 2.52. The number of hydrogen-bond acceptors (Lipinski definition) is 5. The van der Waals surface area contributed by atoms with E-state index in [1.165, 1.54) is 17.1 Å². The zero-order valence-electron chi connectivity index (χ0n) is 13.5. The fourth-order valence-corrected chi connectivity index (χ4v) is 3.29. The predicted molar refractivity (Wildman–Crippen MR) is 107 cm³/mol. The number of anilines is 1. The van der Waals surface area contributed by atoms with Crippen LogP contribution in [0.2, 0.25) is 10.0 Å². The Morgan fingerprint density at radius 3 is 2.52 bits per heavy atom. The van der Waals surface area contributed by atoms with E-state index in [1.807, 2.05) is 42.5 Å². The maximum Gasteiger partial charge on any atom is 0.202 e. The van der Waals surface area contributed by atoms with Crippen LogP contribution in [0.15, 0.2) is 48.5 Å². The Hall–Kier alpha value is -1.66. The van der Waals surface area contributed by atoms with E-state index in [2.05, 4.69) is 26.1 Å². The highest BCUT2D eigenvalue weighted by Crippen LogP contribution is 2.22. The zero-order valence-corrected chi connectivity index (χ0v) is 15.8. The first-order valence-electron chi connectivity index (χ1n) is 8.00. The SMILES string of the molecule is Clc1ccc(-c2nsc(NCCNCCc3ccccc3Cl)n2)cc1. The number of rotatable bonds is 8. The van der Waals surface area contributed by atoms with Gasteiger partial charge in [-0.05, 0) is 48.9 Å². The average Bonchev–Trinajstić information content (AvgIpc) is 3.09. The van der Waals surface area contributed by atoms with E-state index in [0.717, 1.165) is 47.6 Å². The van der Waals surface area contributed by atoms with Crippen LogP contribution in [0, 0.1) is 0 Å². The number of halogens is 2. The monoisotopic (exact) mass is 392 g/mol. The lowest BCUT2D eigenvalue weighted by atomic mass is 10.1. The highest BCUT2D eigenvalue weighted by Gasteiger charge is 2.06. The number of nitrogens with zero attached hydrogens (tertiary/aromatic N) is 2. The van der Waals surface area contributed by atoms with Gasteiger partial charge in [-0.15, -0.1) is 0 Å². The smallest absolute Gasteiger partial charge is 0.202 e. The molecule has 0 aliphatic rings. The van der Waals surface area contributed by atoms with Crippen molar-refractivity contribution in [3.05, 3.63) is 64.1 Å². The minimum atomic E-state index is 0.709. The van der Waals surface area contributed by atoms with Crippen LogP contribution < -0.4 is 10.6 Å². The van der Waals surface area contributed by atoms with Crippen molar-refractivity contribution in [2.24, 2.45) is 0 Å². The second-order valence-corrected chi connectivity index (χ2v) is 7.04. The molecule has 25 heavy (non-hydrogen) atoms. The fourth-order valence-electron chi connectivity index (χ4n) is 2.32. The molecule has 4 nitrogen and oxygen atoms in total. The van der Waals surface area contributed by atoms with Gasteiger partial charge in [0.05, 0.1) is 0 Å². The Morgan fingerprint density at radius 2 is 1.72 bits per heavy atom. The molecule has 0 aliphatic carbocycles. The third-order valence-corrected chi connectivity index (χ3v) is 4.93. The molecule has 0 unspecified atom stereocenters. The average molecular weight is 393 g/mol. The third kappa shape index (κ3) is 5.41. The Kier molecular flexibility index (Phi) is 6.64. The molecule has 1 heterocycles. The summed E-state index contributed by atoms with van der Waals surface area (Å²) in [5.41, 5.74) is 2.13. The molecular weight excluding hydrogens is 375 g/mol. The van der Waals surface area contributed by atoms with E-state index < -0.39 is 0 Å². The molecule has 0 saturated carbocycles. The molecule has 0 saturated heterocycles. The first-order chi connectivity index (χ1) is 12.2. The molecule has 0 aliphatic heterocycles. The topological polar surface area (TPSA) is 49.8 Å². The van der Waals surface area contributed by atoms with E-state index in [-0.39, 0.29) is 0 Å². The molecule has 0 radical (unpaired) electrons. The Bertz CT molecular complexity index is 805. The molecule has 2 aromatic carbocycles. The van der Waals surface area contributed by atoms with Gasteiger partial charge in [0.25, 0.3) is 0 Å². The highest BCUT2D eigenvalue weighted by molar-refractivity contribution is 7.09. The van der Waals surface area contributed by atoms with Crippen molar-refractivity contribution in [1.82, 2.24) is 14.7 Å². The minimum absolute atomic E-state index is 0.709. The summed E-state index contributed by atoms with van der Waals surface area (Å²) in [7, 11) is 0. The van der Waals surface area contributed by atoms with Crippen molar-refractivity contribution in [3.8, 4) is 11.4 Å². The van der Waals surface area contributed by atoms with E-state index in [1.54, 1.807) is 0 Å². The van der Waals surface area contributed by atoms with Crippen LogP contribution in [0.25, 0.3) is 11.4 Å². The molecule has 3 aromatic rings. The van der Waals surface area contributed by atoms with Crippen LogP contribution in [0.1, 0.15) is 5.56 Å². The highest BCUT2D eigenvalue weighted by atomic mass is 35.5. The summed E-state index contributed by atoms with van der Waals surface area (Å²) in [6.07, 6.45) is 0.916. The minimum Gasteiger partial charge on any atom is -0.359 e. The number of hydrogen-bond donors (Lipinski definition) is 2. The molecule has 0 amide bonds. The van der Waals surface area contributed by atoms with Gasteiger partial charge in [0.15, 0.2) is 5.82 Å². The van der Waals surface area contributed by atoms with E-state index in [4.69, 9.17) is 23.2 Å². The van der Waals surface area contributed by atoms with Gasteiger partial charge in [0.1, 0.15) is 0 Å². The van der Waals surface area contributed by atoms with Gasteiger partial charge < -0.3 is 10.6 Å². The van der Waals surface area contributed by atoms with Gasteiger partial charge in [-0.1, -0.05) is 41.4 Å². The van der Waals surface area contributed by atoms with Crippen molar-refractivity contribution in [1.29, 1.82) is 0 Å². The summed E-state index contributed by atoms with van der Waals surface area (Å²) in [6, 6.07) is 15.5. The first kappa shape index (κ1) is 18.1. The molecule has 0 spiro atoms. The molecular formula is C18H18Cl2N4S. The molecule has 7 heteroatoms. The van der Waals surface area contributed by atoms with Gasteiger partial charge in [0, 0.05) is 40.2 Å². The number of aromatic nitrogens is 2. The lowest BCUT2D eigenvalue weighted by Crippen LogP contribution is -2.24. The van der Waals surface area contributed by atoms with Crippen LogP contribution in [0.4, 0.5) is 5.13 Å². The van der Waals surface area contributed by atoms with E-state index >= 15 is 0 Å². The van der Waals surface area contributed by atoms with Gasteiger partial charge in [0.2, 0.25) is 5.13 Å². The van der Waals surface area contributed by atoms with E-state index in [0.29, 0.717) is 5.02 Å². The summed E-state index contributed by atoms with van der Waals surface area (Å²) in [5.74, 6) is 0.718. The lowest BCUT2D eigenvalue weighted by Gasteiger charge is -2.06. The second-order valence-electron chi connectivity index (χ2n) is 5.45. The molecule has 0 fully saturated rings. The van der Waals surface area contributed by atoms with Gasteiger partial charge in [-0.3, -0.25) is 0 Å². The van der Waals surface area contributed by atoms with Crippen LogP contribution in [0.3, 0.4) is 0 Å². The third-order valence-electron chi connectivity index (χ3n) is 3.64. The molecule has 3 rings (SSSR count). The summed E-state index contributed by atoms with van der Waals surface area (Å²) in [5, 5.41) is 9.03. The van der Waals surface area contributed by atoms with Crippen LogP contribution in [0.5, 0.6) is 0 Å². The molecule has 0 bridgehead atoms. The first-order valence-corrected chi connectivity index (χ1v) is 9.53. The van der Waals surface area contributed by atoms with E-state index in [9.17, 15) is 0 Å². The zero-order chi connectivity index (χ0) is 17.5. The Balaban J connectivity index is 1.38. The normalized spacial score (nSPS) is 10.8. The van der Waals surface area contributed by atoms with Crippen molar-refractivity contribution in [2.75, 3.05) is 25.0 Å². The summed E-state index contributed by atoms with van der Waals surface area (Å²) >= 11 is 13.4. The fraction of sp³-hybridized carbons (Fsp3) is 0.222. The molecule has 2 N–H and O–H groups in total. The standard InChI is InChI=1S/C18H18Cl2N4S/c19-15-7-5-14(6-8-15)17-23-18(25-24-17)22-12-11-21-10-9-13-3-1-2-4-16(13)20/h1-8,21H,9-12H2,(H,22,23,24).